The number of halogens is 1. The van der Waals surface area contributed by atoms with E-state index in [0.717, 1.165) is 50.8 Å². The molecular weight excluding hydrogens is 465 g/mol. The third-order valence-electron chi connectivity index (χ3n) is 4.92. The van der Waals surface area contributed by atoms with E-state index in [4.69, 9.17) is 4.99 Å². The first kappa shape index (κ1) is 22.4. The van der Waals surface area contributed by atoms with Gasteiger partial charge in [-0.3, -0.25) is 0 Å². The molecule has 0 amide bonds. The number of fused-ring (bicyclic) bond motifs is 1. The van der Waals surface area contributed by atoms with Crippen LogP contribution in [0, 0.1) is 0 Å². The van der Waals surface area contributed by atoms with E-state index in [1.54, 1.807) is 6.33 Å². The van der Waals surface area contributed by atoms with Gasteiger partial charge in [0.05, 0.1) is 6.54 Å². The Balaban J connectivity index is 0.00000280. The van der Waals surface area contributed by atoms with Crippen molar-refractivity contribution in [3.63, 3.8) is 0 Å². The highest BCUT2D eigenvalue weighted by Crippen LogP contribution is 2.26. The number of anilines is 1. The molecule has 0 aliphatic carbocycles. The highest BCUT2D eigenvalue weighted by molar-refractivity contribution is 14.0. The number of rotatable bonds is 7. The molecule has 3 rings (SSSR count). The lowest BCUT2D eigenvalue weighted by molar-refractivity contribution is 0.632. The van der Waals surface area contributed by atoms with Crippen LogP contribution in [0.1, 0.15) is 37.2 Å². The van der Waals surface area contributed by atoms with Crippen molar-refractivity contribution in [1.82, 2.24) is 25.4 Å². The van der Waals surface area contributed by atoms with Crippen LogP contribution in [0.4, 0.5) is 5.69 Å². The fourth-order valence-electron chi connectivity index (χ4n) is 3.48. The molecule has 1 aliphatic rings. The molecule has 154 valence electrons. The lowest BCUT2D eigenvalue weighted by Gasteiger charge is -2.27. The quantitative estimate of drug-likeness (QED) is 0.350. The van der Waals surface area contributed by atoms with E-state index in [2.05, 4.69) is 69.4 Å². The molecule has 0 spiro atoms. The maximum Gasteiger partial charge on any atom is 0.191 e. The van der Waals surface area contributed by atoms with Crippen molar-refractivity contribution in [1.29, 1.82) is 0 Å². The summed E-state index contributed by atoms with van der Waals surface area (Å²) in [6.45, 7) is 8.45. The van der Waals surface area contributed by atoms with Crippen molar-refractivity contribution in [2.24, 2.45) is 4.99 Å². The molecule has 1 aliphatic heterocycles. The summed E-state index contributed by atoms with van der Waals surface area (Å²) in [5.74, 6) is 1.86. The first-order chi connectivity index (χ1) is 13.2. The minimum atomic E-state index is 0. The predicted octanol–water partition coefficient (Wildman–Crippen LogP) is 2.60. The Kier molecular flexibility index (Phi) is 9.01. The van der Waals surface area contributed by atoms with Gasteiger partial charge in [-0.25, -0.2) is 4.99 Å². The summed E-state index contributed by atoms with van der Waals surface area (Å²) in [5.41, 5.74) is 4.06. The number of nitrogens with one attached hydrogen (secondary N) is 2. The number of nitrogens with zero attached hydrogens (tertiary/aromatic N) is 5. The van der Waals surface area contributed by atoms with Gasteiger partial charge < -0.3 is 20.1 Å². The average Bonchev–Trinajstić information content (AvgIpc) is 3.13. The summed E-state index contributed by atoms with van der Waals surface area (Å²) in [6, 6.07) is 6.74. The van der Waals surface area contributed by atoms with Gasteiger partial charge in [-0.05, 0) is 37.0 Å². The molecule has 0 radical (unpaired) electrons. The summed E-state index contributed by atoms with van der Waals surface area (Å²) in [5, 5.41) is 14.8. The number of aliphatic imine (C=N–C) groups is 1. The van der Waals surface area contributed by atoms with Crippen LogP contribution in [0.2, 0.25) is 0 Å². The Morgan fingerprint density at radius 3 is 2.89 bits per heavy atom. The number of benzene rings is 1. The summed E-state index contributed by atoms with van der Waals surface area (Å²) < 4.78 is 2.08. The average molecular weight is 497 g/mol. The molecule has 28 heavy (non-hydrogen) atoms. The van der Waals surface area contributed by atoms with Gasteiger partial charge >= 0.3 is 0 Å². The third kappa shape index (κ3) is 5.83. The van der Waals surface area contributed by atoms with Crippen LogP contribution in [-0.4, -0.2) is 47.4 Å². The molecular formula is C20H32IN7. The van der Waals surface area contributed by atoms with Crippen LogP contribution < -0.4 is 15.5 Å². The zero-order valence-electron chi connectivity index (χ0n) is 17.1. The molecule has 0 bridgehead atoms. The largest absolute Gasteiger partial charge is 0.374 e. The lowest BCUT2D eigenvalue weighted by atomic mass is 10.00. The topological polar surface area (TPSA) is 70.4 Å². The molecule has 1 aromatic carbocycles. The van der Waals surface area contributed by atoms with E-state index in [0.29, 0.717) is 6.54 Å². The van der Waals surface area contributed by atoms with Crippen molar-refractivity contribution in [2.75, 3.05) is 31.6 Å². The smallest absolute Gasteiger partial charge is 0.191 e. The monoisotopic (exact) mass is 497 g/mol. The molecule has 0 unspecified atom stereocenters. The third-order valence-corrected chi connectivity index (χ3v) is 4.92. The van der Waals surface area contributed by atoms with Gasteiger partial charge in [-0.2, -0.15) is 0 Å². The molecule has 2 N–H and O–H groups in total. The maximum atomic E-state index is 4.75. The summed E-state index contributed by atoms with van der Waals surface area (Å²) in [4.78, 5) is 7.09. The molecule has 7 nitrogen and oxygen atoms in total. The van der Waals surface area contributed by atoms with Crippen LogP contribution in [0.3, 0.4) is 0 Å². The number of aromatic nitrogens is 3. The van der Waals surface area contributed by atoms with Crippen LogP contribution >= 0.6 is 24.0 Å². The Morgan fingerprint density at radius 1 is 1.25 bits per heavy atom. The molecule has 0 atom stereocenters. The van der Waals surface area contributed by atoms with E-state index in [1.165, 1.54) is 23.2 Å². The van der Waals surface area contributed by atoms with Crippen molar-refractivity contribution in [2.45, 2.75) is 46.2 Å². The number of hydrogen-bond acceptors (Lipinski definition) is 4. The Bertz CT molecular complexity index is 772. The second kappa shape index (κ2) is 11.2. The first-order valence-electron chi connectivity index (χ1n) is 9.93. The van der Waals surface area contributed by atoms with E-state index in [1.807, 2.05) is 0 Å². The van der Waals surface area contributed by atoms with Crippen LogP contribution in [0.25, 0.3) is 0 Å². The molecule has 1 aromatic heterocycles. The molecule has 2 heterocycles. The van der Waals surface area contributed by atoms with Crippen LogP contribution in [-0.2, 0) is 25.9 Å². The van der Waals surface area contributed by atoms with Gasteiger partial charge in [-0.1, -0.05) is 19.1 Å². The summed E-state index contributed by atoms with van der Waals surface area (Å²) in [6.07, 6.45) is 5.06. The second-order valence-electron chi connectivity index (χ2n) is 6.90. The maximum absolute atomic E-state index is 4.75. The Morgan fingerprint density at radius 2 is 2.11 bits per heavy atom. The zero-order valence-corrected chi connectivity index (χ0v) is 19.4. The number of hydrogen-bond donors (Lipinski definition) is 2. The van der Waals surface area contributed by atoms with Gasteiger partial charge in [0.1, 0.15) is 12.2 Å². The van der Waals surface area contributed by atoms with E-state index >= 15 is 0 Å². The second-order valence-corrected chi connectivity index (χ2v) is 6.90. The van der Waals surface area contributed by atoms with Crippen molar-refractivity contribution < 1.29 is 0 Å². The molecule has 0 saturated heterocycles. The van der Waals surface area contributed by atoms with Gasteiger partial charge in [0.15, 0.2) is 5.96 Å². The van der Waals surface area contributed by atoms with Gasteiger partial charge in [0.2, 0.25) is 0 Å². The highest BCUT2D eigenvalue weighted by atomic mass is 127. The zero-order chi connectivity index (χ0) is 19.1. The highest BCUT2D eigenvalue weighted by Gasteiger charge is 2.13. The van der Waals surface area contributed by atoms with E-state index in [9.17, 15) is 0 Å². The number of guanidine groups is 1. The van der Waals surface area contributed by atoms with E-state index < -0.39 is 0 Å². The van der Waals surface area contributed by atoms with Gasteiger partial charge in [0.25, 0.3) is 0 Å². The first-order valence-corrected chi connectivity index (χ1v) is 9.93. The van der Waals surface area contributed by atoms with Crippen molar-refractivity contribution >= 4 is 35.6 Å². The fraction of sp³-hybridized carbons (Fsp3) is 0.550. The summed E-state index contributed by atoms with van der Waals surface area (Å²) in [7, 11) is 2.17. The summed E-state index contributed by atoms with van der Waals surface area (Å²) >= 11 is 0. The molecule has 8 heteroatoms. The van der Waals surface area contributed by atoms with E-state index in [-0.39, 0.29) is 24.0 Å². The molecule has 0 fully saturated rings. The Hall–Kier alpha value is -1.84. The fourth-order valence-corrected chi connectivity index (χ4v) is 3.48. The Labute approximate surface area is 185 Å². The minimum absolute atomic E-state index is 0. The van der Waals surface area contributed by atoms with Gasteiger partial charge in [0, 0.05) is 45.3 Å². The van der Waals surface area contributed by atoms with Gasteiger partial charge in [-0.15, -0.1) is 34.2 Å². The minimum Gasteiger partial charge on any atom is -0.374 e. The molecule has 2 aromatic rings. The SMILES string of the molecule is CCNC(=NCc1ccc2c(c1)CCCN2C)NCCn1cnnc1CC.I. The molecule has 0 saturated carbocycles. The van der Waals surface area contributed by atoms with Crippen molar-refractivity contribution in [3.05, 3.63) is 41.5 Å². The predicted molar refractivity (Wildman–Crippen MR) is 126 cm³/mol. The standard InChI is InChI=1S/C20H31N7.HI/c1-4-19-25-24-15-27(19)12-10-22-20(21-5-2)23-14-16-8-9-18-17(13-16)7-6-11-26(18)3;/h8-9,13,15H,4-7,10-12,14H2,1-3H3,(H2,21,22,23);1H. The lowest BCUT2D eigenvalue weighted by Crippen LogP contribution is -2.38. The van der Waals surface area contributed by atoms with Crippen LogP contribution in [0.15, 0.2) is 29.5 Å². The van der Waals surface area contributed by atoms with Crippen LogP contribution in [0.5, 0.6) is 0 Å². The normalized spacial score (nSPS) is 13.7. The number of aryl methyl sites for hydroxylation is 2. The van der Waals surface area contributed by atoms with Crippen molar-refractivity contribution in [3.8, 4) is 0 Å².